The summed E-state index contributed by atoms with van der Waals surface area (Å²) in [5.41, 5.74) is 7.15. The zero-order chi connectivity index (χ0) is 20.3. The van der Waals surface area contributed by atoms with Gasteiger partial charge in [-0.05, 0) is 41.9 Å². The van der Waals surface area contributed by atoms with Crippen molar-refractivity contribution in [2.75, 3.05) is 12.8 Å². The molecular formula is C19H16BN3O5. The smallest absolute Gasteiger partial charge is 0.464 e. The number of aromatic nitrogens is 1. The predicted octanol–water partition coefficient (Wildman–Crippen LogP) is 1.19. The lowest BCUT2D eigenvalue weighted by Gasteiger charge is -2.10. The highest BCUT2D eigenvalue weighted by atomic mass is 16.5. The van der Waals surface area contributed by atoms with Crippen LogP contribution in [0, 0.1) is 11.3 Å². The first kappa shape index (κ1) is 19.0. The zero-order valence-corrected chi connectivity index (χ0v) is 14.9. The third kappa shape index (κ3) is 3.69. The quantitative estimate of drug-likeness (QED) is 0.450. The summed E-state index contributed by atoms with van der Waals surface area (Å²) in [7, 11) is -0.298. The number of methoxy groups -OCH3 is 1. The number of esters is 1. The van der Waals surface area contributed by atoms with Gasteiger partial charge in [0, 0.05) is 11.9 Å². The van der Waals surface area contributed by atoms with Crippen LogP contribution in [0.4, 0.5) is 5.69 Å². The summed E-state index contributed by atoms with van der Waals surface area (Å²) in [6.07, 6.45) is 1.47. The van der Waals surface area contributed by atoms with Crippen molar-refractivity contribution in [1.82, 2.24) is 4.57 Å². The van der Waals surface area contributed by atoms with Crippen molar-refractivity contribution in [3.8, 4) is 23.3 Å². The van der Waals surface area contributed by atoms with Crippen LogP contribution in [0.25, 0.3) is 5.69 Å². The number of anilines is 1. The van der Waals surface area contributed by atoms with Crippen molar-refractivity contribution in [3.63, 3.8) is 0 Å². The Morgan fingerprint density at radius 3 is 2.18 bits per heavy atom. The van der Waals surface area contributed by atoms with Crippen LogP contribution < -0.4 is 15.9 Å². The number of hydrogen-bond donors (Lipinski definition) is 3. The largest absolute Gasteiger partial charge is 0.488 e. The van der Waals surface area contributed by atoms with E-state index in [9.17, 15) is 10.1 Å². The fourth-order valence-corrected chi connectivity index (χ4v) is 2.64. The molecule has 0 atom stereocenters. The van der Waals surface area contributed by atoms with E-state index < -0.39 is 13.1 Å². The van der Waals surface area contributed by atoms with Crippen LogP contribution in [-0.2, 0) is 4.74 Å². The standard InChI is InChI=1S/C19H16BN3O5/c1-27-19(24)18-17(22)12(10-21)11-23(18)14-4-8-16(9-5-14)28-15-6-2-13(3-7-15)20(25)26/h2-9,11,25-26H,22H2,1H3. The van der Waals surface area contributed by atoms with Gasteiger partial charge in [-0.2, -0.15) is 5.26 Å². The van der Waals surface area contributed by atoms with E-state index >= 15 is 0 Å². The molecule has 2 aromatic carbocycles. The topological polar surface area (TPSA) is 131 Å². The molecule has 0 saturated heterocycles. The Morgan fingerprint density at radius 1 is 1.11 bits per heavy atom. The fraction of sp³-hybridized carbons (Fsp3) is 0.0526. The number of nitriles is 1. The van der Waals surface area contributed by atoms with Gasteiger partial charge in [0.05, 0.1) is 18.4 Å². The maximum Gasteiger partial charge on any atom is 0.488 e. The summed E-state index contributed by atoms with van der Waals surface area (Å²) < 4.78 is 12.0. The van der Waals surface area contributed by atoms with Crippen LogP contribution in [0.15, 0.2) is 54.7 Å². The second-order valence-electron chi connectivity index (χ2n) is 5.82. The normalized spacial score (nSPS) is 10.2. The summed E-state index contributed by atoms with van der Waals surface area (Å²) in [5, 5.41) is 27.4. The molecule has 0 bridgehead atoms. The van der Waals surface area contributed by atoms with Crippen molar-refractivity contribution in [2.24, 2.45) is 0 Å². The molecule has 3 rings (SSSR count). The number of nitrogens with two attached hydrogens (primary N) is 1. The molecule has 1 heterocycles. The minimum Gasteiger partial charge on any atom is -0.464 e. The lowest BCUT2D eigenvalue weighted by molar-refractivity contribution is 0.0593. The molecule has 0 spiro atoms. The monoisotopic (exact) mass is 377 g/mol. The average molecular weight is 377 g/mol. The predicted molar refractivity (Wildman–Crippen MR) is 103 cm³/mol. The number of ether oxygens (including phenoxy) is 2. The number of nitrogen functional groups attached to an aromatic ring is 1. The fourth-order valence-electron chi connectivity index (χ4n) is 2.64. The third-order valence-electron chi connectivity index (χ3n) is 4.07. The van der Waals surface area contributed by atoms with Crippen LogP contribution >= 0.6 is 0 Å². The molecule has 140 valence electrons. The Hall–Kier alpha value is -3.74. The van der Waals surface area contributed by atoms with Gasteiger partial charge in [-0.3, -0.25) is 0 Å². The Bertz CT molecular complexity index is 1040. The van der Waals surface area contributed by atoms with Gasteiger partial charge in [-0.15, -0.1) is 0 Å². The zero-order valence-electron chi connectivity index (χ0n) is 14.9. The first-order valence-corrected chi connectivity index (χ1v) is 8.18. The molecular weight excluding hydrogens is 361 g/mol. The van der Waals surface area contributed by atoms with E-state index in [1.807, 2.05) is 6.07 Å². The maximum atomic E-state index is 12.0. The second-order valence-corrected chi connectivity index (χ2v) is 5.82. The Morgan fingerprint density at radius 2 is 1.68 bits per heavy atom. The van der Waals surface area contributed by atoms with Crippen molar-refractivity contribution in [3.05, 3.63) is 66.0 Å². The molecule has 4 N–H and O–H groups in total. The first-order chi connectivity index (χ1) is 13.4. The van der Waals surface area contributed by atoms with Gasteiger partial charge in [-0.1, -0.05) is 12.1 Å². The Kier molecular flexibility index (Phi) is 5.36. The molecule has 0 aliphatic heterocycles. The highest BCUT2D eigenvalue weighted by Crippen LogP contribution is 2.27. The van der Waals surface area contributed by atoms with Crippen molar-refractivity contribution < 1.29 is 24.3 Å². The molecule has 0 radical (unpaired) electrons. The number of carbonyl (C=O) groups excluding carboxylic acids is 1. The molecule has 0 unspecified atom stereocenters. The summed E-state index contributed by atoms with van der Waals surface area (Å²) in [6, 6.07) is 15.0. The molecule has 28 heavy (non-hydrogen) atoms. The molecule has 1 aromatic heterocycles. The van der Waals surface area contributed by atoms with E-state index in [-0.39, 0.29) is 16.9 Å². The summed E-state index contributed by atoms with van der Waals surface area (Å²) in [4.78, 5) is 12.0. The van der Waals surface area contributed by atoms with Gasteiger partial charge in [0.1, 0.15) is 17.6 Å². The molecule has 0 aliphatic rings. The Balaban J connectivity index is 1.87. The highest BCUT2D eigenvalue weighted by Gasteiger charge is 2.21. The SMILES string of the molecule is COC(=O)c1c(N)c(C#N)cn1-c1ccc(Oc2ccc(B(O)O)cc2)cc1. The van der Waals surface area contributed by atoms with Crippen molar-refractivity contribution >= 4 is 24.2 Å². The molecule has 9 heteroatoms. The van der Waals surface area contributed by atoms with Crippen LogP contribution in [0.3, 0.4) is 0 Å². The van der Waals surface area contributed by atoms with Crippen molar-refractivity contribution in [1.29, 1.82) is 5.26 Å². The van der Waals surface area contributed by atoms with Gasteiger partial charge in [-0.25, -0.2) is 4.79 Å². The van der Waals surface area contributed by atoms with Gasteiger partial charge in [0.25, 0.3) is 0 Å². The van der Waals surface area contributed by atoms with E-state index in [4.69, 9.17) is 25.3 Å². The summed E-state index contributed by atoms with van der Waals surface area (Å²) >= 11 is 0. The number of benzene rings is 2. The number of rotatable bonds is 5. The lowest BCUT2D eigenvalue weighted by atomic mass is 9.80. The number of hydrogen-bond acceptors (Lipinski definition) is 7. The summed E-state index contributed by atoms with van der Waals surface area (Å²) in [6.45, 7) is 0. The van der Waals surface area contributed by atoms with Crippen LogP contribution in [0.5, 0.6) is 11.5 Å². The van der Waals surface area contributed by atoms with Gasteiger partial charge >= 0.3 is 13.1 Å². The van der Waals surface area contributed by atoms with Crippen LogP contribution in [-0.4, -0.2) is 34.8 Å². The third-order valence-corrected chi connectivity index (χ3v) is 4.07. The van der Waals surface area contributed by atoms with E-state index in [2.05, 4.69) is 0 Å². The molecule has 0 fully saturated rings. The number of carbonyl (C=O) groups is 1. The lowest BCUT2D eigenvalue weighted by Crippen LogP contribution is -2.29. The maximum absolute atomic E-state index is 12.0. The minimum absolute atomic E-state index is 0.0563. The molecule has 8 nitrogen and oxygen atoms in total. The highest BCUT2D eigenvalue weighted by molar-refractivity contribution is 6.58. The van der Waals surface area contributed by atoms with Gasteiger partial charge in [0.2, 0.25) is 0 Å². The molecule has 3 aromatic rings. The minimum atomic E-state index is -1.54. The van der Waals surface area contributed by atoms with E-state index in [0.717, 1.165) is 0 Å². The average Bonchev–Trinajstić information content (AvgIpc) is 3.04. The van der Waals surface area contributed by atoms with Crippen LogP contribution in [0.1, 0.15) is 16.1 Å². The Labute approximate surface area is 161 Å². The van der Waals surface area contributed by atoms with E-state index in [1.54, 1.807) is 48.5 Å². The van der Waals surface area contributed by atoms with Crippen molar-refractivity contribution in [2.45, 2.75) is 0 Å². The summed E-state index contributed by atoms with van der Waals surface area (Å²) in [5.74, 6) is 0.399. The first-order valence-electron chi connectivity index (χ1n) is 8.18. The van der Waals surface area contributed by atoms with E-state index in [0.29, 0.717) is 22.6 Å². The second kappa shape index (κ2) is 7.88. The van der Waals surface area contributed by atoms with Gasteiger partial charge in [0.15, 0.2) is 5.69 Å². The number of nitrogens with zero attached hydrogens (tertiary/aromatic N) is 2. The molecule has 0 aliphatic carbocycles. The van der Waals surface area contributed by atoms with Gasteiger partial charge < -0.3 is 29.8 Å². The molecule has 0 amide bonds. The van der Waals surface area contributed by atoms with E-state index in [1.165, 1.54) is 17.9 Å². The van der Waals surface area contributed by atoms with Crippen LogP contribution in [0.2, 0.25) is 0 Å². The molecule has 0 saturated carbocycles.